The first-order chi connectivity index (χ1) is 29.4. The molecule has 1 saturated carbocycles. The van der Waals surface area contributed by atoms with Crippen molar-refractivity contribution in [2.24, 2.45) is 17.8 Å². The van der Waals surface area contributed by atoms with Gasteiger partial charge in [0, 0.05) is 30.6 Å². The van der Waals surface area contributed by atoms with Crippen molar-refractivity contribution in [2.45, 2.75) is 83.0 Å². The van der Waals surface area contributed by atoms with E-state index < -0.39 is 30.1 Å². The molecule has 10 nitrogen and oxygen atoms in total. The highest BCUT2D eigenvalue weighted by atomic mass is 19.1. The van der Waals surface area contributed by atoms with Crippen molar-refractivity contribution in [3.05, 3.63) is 149 Å². The largest absolute Gasteiger partial charge is 0.355 e. The van der Waals surface area contributed by atoms with Crippen molar-refractivity contribution >= 4 is 23.6 Å². The lowest BCUT2D eigenvalue weighted by Gasteiger charge is -2.41. The SMILES string of the molecule is CC(C)CC1C(=O)NC(c2ccc(CCC(C)CC3C(=O)NC(c4ccc(F)cc4)CN3C(=O)C3CC3c3ccccc3)cc2)CN1C(=O)c1cc(-c2ccc(F)cc2)on1. The number of nitrogens with zero attached hydrogens (tertiary/aromatic N) is 3. The Morgan fingerprint density at radius 1 is 0.738 bits per heavy atom. The topological polar surface area (TPSA) is 125 Å². The lowest BCUT2D eigenvalue weighted by atomic mass is 9.90. The third-order valence-corrected chi connectivity index (χ3v) is 12.4. The number of carbonyl (C=O) groups excluding carboxylic acids is 4. The van der Waals surface area contributed by atoms with Crippen LogP contribution in [0.3, 0.4) is 0 Å². The maximum Gasteiger partial charge on any atom is 0.276 e. The van der Waals surface area contributed by atoms with Gasteiger partial charge in [-0.1, -0.05) is 92.7 Å². The summed E-state index contributed by atoms with van der Waals surface area (Å²) in [5, 5.41) is 10.3. The normalized spacial score (nSPS) is 23.0. The molecule has 3 aliphatic rings. The molecule has 61 heavy (non-hydrogen) atoms. The number of aryl methyl sites for hydroxylation is 1. The zero-order valence-electron chi connectivity index (χ0n) is 34.6. The smallest absolute Gasteiger partial charge is 0.276 e. The summed E-state index contributed by atoms with van der Waals surface area (Å²) in [6.07, 6.45) is 3.24. The molecule has 4 aromatic carbocycles. The van der Waals surface area contributed by atoms with E-state index in [0.29, 0.717) is 30.7 Å². The van der Waals surface area contributed by atoms with Crippen LogP contribution in [0, 0.1) is 29.4 Å². The maximum atomic E-state index is 14.2. The predicted molar refractivity (Wildman–Crippen MR) is 226 cm³/mol. The number of rotatable bonds is 13. The third kappa shape index (κ3) is 9.43. The second kappa shape index (κ2) is 17.8. The molecule has 2 saturated heterocycles. The van der Waals surface area contributed by atoms with E-state index in [1.807, 2.05) is 68.4 Å². The van der Waals surface area contributed by atoms with Crippen LogP contribution in [-0.2, 0) is 20.8 Å². The van der Waals surface area contributed by atoms with Crippen LogP contribution in [-0.4, -0.2) is 63.8 Å². The second-order valence-electron chi connectivity index (χ2n) is 17.3. The molecular formula is C49H51F2N5O5. The zero-order valence-corrected chi connectivity index (χ0v) is 34.6. The molecule has 0 radical (unpaired) electrons. The highest BCUT2D eigenvalue weighted by Gasteiger charge is 2.49. The molecule has 4 amide bonds. The van der Waals surface area contributed by atoms with Crippen LogP contribution in [0.15, 0.2) is 114 Å². The van der Waals surface area contributed by atoms with Crippen molar-refractivity contribution < 1.29 is 32.5 Å². The lowest BCUT2D eigenvalue weighted by Crippen LogP contribution is -2.59. The highest BCUT2D eigenvalue weighted by molar-refractivity contribution is 5.97. The summed E-state index contributed by atoms with van der Waals surface area (Å²) in [5.74, 6) is -1.08. The molecule has 8 rings (SSSR count). The van der Waals surface area contributed by atoms with E-state index >= 15 is 0 Å². The summed E-state index contributed by atoms with van der Waals surface area (Å²) >= 11 is 0. The van der Waals surface area contributed by atoms with E-state index in [4.69, 9.17) is 4.52 Å². The minimum Gasteiger partial charge on any atom is -0.355 e. The molecule has 12 heteroatoms. The van der Waals surface area contributed by atoms with Crippen molar-refractivity contribution in [1.82, 2.24) is 25.6 Å². The molecule has 1 aromatic heterocycles. The quantitative estimate of drug-likeness (QED) is 0.123. The van der Waals surface area contributed by atoms with E-state index in [1.54, 1.807) is 34.1 Å². The first kappa shape index (κ1) is 41.6. The Kier molecular flexibility index (Phi) is 12.1. The van der Waals surface area contributed by atoms with Gasteiger partial charge in [-0.25, -0.2) is 8.78 Å². The molecule has 3 fully saturated rings. The van der Waals surface area contributed by atoms with Crippen LogP contribution in [0.25, 0.3) is 11.3 Å². The number of benzene rings is 4. The Balaban J connectivity index is 0.916. The summed E-state index contributed by atoms with van der Waals surface area (Å²) in [6, 6.07) is 29.1. The number of hydrogen-bond donors (Lipinski definition) is 2. The van der Waals surface area contributed by atoms with Crippen molar-refractivity contribution in [3.63, 3.8) is 0 Å². The Hall–Kier alpha value is -6.17. The van der Waals surface area contributed by atoms with Gasteiger partial charge in [-0.2, -0.15) is 0 Å². The van der Waals surface area contributed by atoms with Crippen LogP contribution in [0.4, 0.5) is 8.78 Å². The Labute approximate surface area is 354 Å². The van der Waals surface area contributed by atoms with Crippen LogP contribution >= 0.6 is 0 Å². The number of carbonyl (C=O) groups is 4. The Bertz CT molecular complexity index is 2350. The van der Waals surface area contributed by atoms with Crippen molar-refractivity contribution in [3.8, 4) is 11.3 Å². The number of hydrogen-bond acceptors (Lipinski definition) is 6. The number of halogens is 2. The van der Waals surface area contributed by atoms with Gasteiger partial charge in [0.25, 0.3) is 5.91 Å². The average molecular weight is 828 g/mol. The van der Waals surface area contributed by atoms with Gasteiger partial charge in [0.2, 0.25) is 17.7 Å². The van der Waals surface area contributed by atoms with Gasteiger partial charge in [0.15, 0.2) is 11.5 Å². The van der Waals surface area contributed by atoms with Crippen molar-refractivity contribution in [1.29, 1.82) is 0 Å². The number of piperazine rings is 2. The second-order valence-corrected chi connectivity index (χ2v) is 17.3. The zero-order chi connectivity index (χ0) is 42.8. The van der Waals surface area contributed by atoms with Gasteiger partial charge in [-0.3, -0.25) is 19.2 Å². The molecule has 2 aliphatic heterocycles. The molecule has 0 bridgehead atoms. The summed E-state index contributed by atoms with van der Waals surface area (Å²) in [6.45, 7) is 6.68. The molecular weight excluding hydrogens is 777 g/mol. The number of aromatic nitrogens is 1. The van der Waals surface area contributed by atoms with Crippen LogP contribution in [0.2, 0.25) is 0 Å². The maximum absolute atomic E-state index is 14.2. The summed E-state index contributed by atoms with van der Waals surface area (Å²) in [7, 11) is 0. The van der Waals surface area contributed by atoms with Gasteiger partial charge in [0.05, 0.1) is 12.1 Å². The third-order valence-electron chi connectivity index (χ3n) is 12.4. The molecule has 7 atom stereocenters. The molecule has 316 valence electrons. The first-order valence-corrected chi connectivity index (χ1v) is 21.3. The van der Waals surface area contributed by atoms with E-state index in [9.17, 15) is 28.0 Å². The van der Waals surface area contributed by atoms with Gasteiger partial charge in [0.1, 0.15) is 23.7 Å². The molecule has 0 spiro atoms. The van der Waals surface area contributed by atoms with Gasteiger partial charge >= 0.3 is 0 Å². The Morgan fingerprint density at radius 2 is 1.31 bits per heavy atom. The Morgan fingerprint density at radius 3 is 1.93 bits per heavy atom. The van der Waals surface area contributed by atoms with E-state index in [2.05, 4.69) is 22.7 Å². The van der Waals surface area contributed by atoms with E-state index in [1.165, 1.54) is 30.3 Å². The summed E-state index contributed by atoms with van der Waals surface area (Å²) in [4.78, 5) is 58.8. The van der Waals surface area contributed by atoms with Crippen LogP contribution in [0.5, 0.6) is 0 Å². The van der Waals surface area contributed by atoms with Crippen LogP contribution < -0.4 is 10.6 Å². The average Bonchev–Trinajstić information content (AvgIpc) is 3.92. The lowest BCUT2D eigenvalue weighted by molar-refractivity contribution is -0.146. The molecule has 5 aromatic rings. The molecule has 2 N–H and O–H groups in total. The summed E-state index contributed by atoms with van der Waals surface area (Å²) in [5.41, 5.74) is 4.48. The standard InChI is InChI=1S/C49H51F2N5O5/c1-29(2)23-43-46(57)52-42(28-56(43)49(60)40-26-45(61-54-40)35-17-21-37(51)22-18-35)33-13-11-31(12-14-33)10-9-30(3)24-44-47(58)53-41(34-15-19-36(50)20-16-34)27-55(44)48(59)39-25-38(39)32-7-5-4-6-8-32/h4-8,11-22,26,29-30,38-39,41-44H,9-10,23-25,27-28H2,1-3H3,(H,52,57)(H,53,58). The predicted octanol–water partition coefficient (Wildman–Crippen LogP) is 8.18. The minimum atomic E-state index is -0.684. The van der Waals surface area contributed by atoms with Crippen LogP contribution in [0.1, 0.15) is 97.2 Å². The molecule has 1 aliphatic carbocycles. The van der Waals surface area contributed by atoms with E-state index in [0.717, 1.165) is 41.5 Å². The molecule has 3 heterocycles. The fraction of sp³-hybridized carbons (Fsp3) is 0.367. The van der Waals surface area contributed by atoms with Gasteiger partial charge in [-0.15, -0.1) is 0 Å². The minimum absolute atomic E-state index is 0.00928. The van der Waals surface area contributed by atoms with Crippen molar-refractivity contribution in [2.75, 3.05) is 13.1 Å². The van der Waals surface area contributed by atoms with Gasteiger partial charge in [-0.05, 0) is 109 Å². The number of nitrogens with one attached hydrogen (secondary N) is 2. The number of amides is 4. The monoisotopic (exact) mass is 827 g/mol. The fourth-order valence-corrected chi connectivity index (χ4v) is 8.87. The first-order valence-electron chi connectivity index (χ1n) is 21.3. The van der Waals surface area contributed by atoms with E-state index in [-0.39, 0.29) is 65.3 Å². The summed E-state index contributed by atoms with van der Waals surface area (Å²) < 4.78 is 32.7. The molecule has 7 unspecified atom stereocenters. The highest BCUT2D eigenvalue weighted by Crippen LogP contribution is 2.49. The fourth-order valence-electron chi connectivity index (χ4n) is 8.87. The van der Waals surface area contributed by atoms with Gasteiger partial charge < -0.3 is 25.0 Å².